The molecule has 0 saturated carbocycles. The average molecular weight is 305 g/mol. The first-order valence-electron chi connectivity index (χ1n) is 3.64. The molecule has 0 unspecified atom stereocenters. The van der Waals surface area contributed by atoms with Crippen molar-refractivity contribution in [2.24, 2.45) is 5.11 Å². The lowest BCUT2D eigenvalue weighted by Crippen LogP contribution is -1.89. The van der Waals surface area contributed by atoms with Gasteiger partial charge in [0.1, 0.15) is 0 Å². The van der Waals surface area contributed by atoms with Gasteiger partial charge in [0.15, 0.2) is 0 Å². The fraction of sp³-hybridized carbons (Fsp3) is 0.250. The molecule has 3 nitrogen and oxygen atoms in total. The predicted molar refractivity (Wildman–Crippen MR) is 59.4 cm³/mol. The first-order chi connectivity index (χ1) is 6.15. The van der Waals surface area contributed by atoms with Crippen LogP contribution in [0.1, 0.15) is 18.5 Å². The van der Waals surface area contributed by atoms with Crippen LogP contribution < -0.4 is 0 Å². The number of rotatable bonds is 2. The zero-order valence-electron chi connectivity index (χ0n) is 6.91. The number of hydrogen-bond donors (Lipinski definition) is 0. The summed E-state index contributed by atoms with van der Waals surface area (Å²) >= 11 is 6.76. The summed E-state index contributed by atoms with van der Waals surface area (Å²) in [4.78, 5) is 2.77. The van der Waals surface area contributed by atoms with Gasteiger partial charge in [0, 0.05) is 13.9 Å². The van der Waals surface area contributed by atoms with E-state index in [0.29, 0.717) is 0 Å². The number of hydrogen-bond acceptors (Lipinski definition) is 1. The molecule has 5 heteroatoms. The summed E-state index contributed by atoms with van der Waals surface area (Å²) in [5.74, 6) is 0. The highest BCUT2D eigenvalue weighted by molar-refractivity contribution is 9.11. The first kappa shape index (κ1) is 10.6. The van der Waals surface area contributed by atoms with Crippen LogP contribution in [-0.2, 0) is 0 Å². The molecular formula is C8H7Br2N3. The summed E-state index contributed by atoms with van der Waals surface area (Å²) in [5, 5.41) is 3.62. The van der Waals surface area contributed by atoms with E-state index in [0.717, 1.165) is 14.5 Å². The molecule has 0 saturated heterocycles. The second kappa shape index (κ2) is 4.65. The smallest absolute Gasteiger partial charge is 0.0608 e. The number of azide groups is 1. The van der Waals surface area contributed by atoms with Crippen LogP contribution in [0.4, 0.5) is 0 Å². The summed E-state index contributed by atoms with van der Waals surface area (Å²) in [5.41, 5.74) is 9.26. The van der Waals surface area contributed by atoms with Gasteiger partial charge in [-0.2, -0.15) is 0 Å². The van der Waals surface area contributed by atoms with Crippen LogP contribution in [0.3, 0.4) is 0 Å². The molecule has 0 aromatic heterocycles. The Morgan fingerprint density at radius 3 is 2.69 bits per heavy atom. The number of benzene rings is 1. The van der Waals surface area contributed by atoms with Crippen molar-refractivity contribution in [1.29, 1.82) is 0 Å². The Labute approximate surface area is 93.0 Å². The molecule has 0 fully saturated rings. The van der Waals surface area contributed by atoms with Gasteiger partial charge in [-0.05, 0) is 23.2 Å². The van der Waals surface area contributed by atoms with E-state index in [-0.39, 0.29) is 6.04 Å². The Morgan fingerprint density at radius 2 is 2.15 bits per heavy atom. The Bertz CT molecular complexity index is 358. The van der Waals surface area contributed by atoms with Crippen molar-refractivity contribution in [2.45, 2.75) is 13.0 Å². The Kier molecular flexibility index (Phi) is 3.78. The summed E-state index contributed by atoms with van der Waals surface area (Å²) < 4.78 is 1.94. The first-order valence-corrected chi connectivity index (χ1v) is 5.23. The molecular weight excluding hydrogens is 298 g/mol. The zero-order chi connectivity index (χ0) is 9.84. The fourth-order valence-electron chi connectivity index (χ4n) is 0.980. The third-order valence-corrected chi connectivity index (χ3v) is 2.82. The highest BCUT2D eigenvalue weighted by Gasteiger charge is 2.06. The minimum absolute atomic E-state index is 0.146. The van der Waals surface area contributed by atoms with Crippen molar-refractivity contribution in [3.8, 4) is 0 Å². The van der Waals surface area contributed by atoms with Crippen LogP contribution in [0.25, 0.3) is 10.4 Å². The van der Waals surface area contributed by atoms with Crippen molar-refractivity contribution in [3.63, 3.8) is 0 Å². The molecule has 0 heterocycles. The van der Waals surface area contributed by atoms with Gasteiger partial charge in [-0.1, -0.05) is 50.0 Å². The molecule has 0 spiro atoms. The molecule has 13 heavy (non-hydrogen) atoms. The van der Waals surface area contributed by atoms with Gasteiger partial charge in [-0.25, -0.2) is 0 Å². The lowest BCUT2D eigenvalue weighted by atomic mass is 10.1. The molecule has 68 valence electrons. The van der Waals surface area contributed by atoms with Gasteiger partial charge in [0.05, 0.1) is 6.04 Å². The largest absolute Gasteiger partial charge is 0.0862 e. The van der Waals surface area contributed by atoms with E-state index in [1.807, 2.05) is 25.1 Å². The van der Waals surface area contributed by atoms with Crippen molar-refractivity contribution in [1.82, 2.24) is 0 Å². The minimum Gasteiger partial charge on any atom is -0.0862 e. The van der Waals surface area contributed by atoms with Crippen LogP contribution in [0.15, 0.2) is 32.3 Å². The van der Waals surface area contributed by atoms with Gasteiger partial charge in [-0.15, -0.1) is 0 Å². The second-order valence-electron chi connectivity index (χ2n) is 2.55. The Morgan fingerprint density at radius 1 is 1.46 bits per heavy atom. The molecule has 0 aliphatic rings. The third kappa shape index (κ3) is 2.72. The van der Waals surface area contributed by atoms with Gasteiger partial charge in [0.2, 0.25) is 0 Å². The monoisotopic (exact) mass is 303 g/mol. The van der Waals surface area contributed by atoms with Gasteiger partial charge < -0.3 is 0 Å². The second-order valence-corrected chi connectivity index (χ2v) is 4.32. The normalized spacial score (nSPS) is 11.9. The van der Waals surface area contributed by atoms with Crippen LogP contribution in [0, 0.1) is 0 Å². The lowest BCUT2D eigenvalue weighted by Gasteiger charge is -2.07. The van der Waals surface area contributed by atoms with E-state index in [2.05, 4.69) is 41.9 Å². The van der Waals surface area contributed by atoms with Crippen molar-refractivity contribution in [2.75, 3.05) is 0 Å². The standard InChI is InChI=1S/C8H7Br2N3/c1-5(12-13-11)7-3-2-6(9)4-8(7)10/h2-5H,1H3/t5-/m0/s1. The number of nitrogens with zero attached hydrogens (tertiary/aromatic N) is 3. The topological polar surface area (TPSA) is 48.8 Å². The van der Waals surface area contributed by atoms with Crippen LogP contribution in [0.5, 0.6) is 0 Å². The highest BCUT2D eigenvalue weighted by Crippen LogP contribution is 2.28. The maximum atomic E-state index is 8.28. The van der Waals surface area contributed by atoms with Crippen LogP contribution in [0.2, 0.25) is 0 Å². The van der Waals surface area contributed by atoms with Crippen molar-refractivity contribution < 1.29 is 0 Å². The van der Waals surface area contributed by atoms with Crippen LogP contribution >= 0.6 is 31.9 Å². The van der Waals surface area contributed by atoms with Crippen molar-refractivity contribution >= 4 is 31.9 Å². The molecule has 0 bridgehead atoms. The molecule has 0 radical (unpaired) electrons. The highest BCUT2D eigenvalue weighted by atomic mass is 79.9. The molecule has 0 aliphatic heterocycles. The van der Waals surface area contributed by atoms with E-state index in [9.17, 15) is 0 Å². The summed E-state index contributed by atoms with van der Waals surface area (Å²) in [6.45, 7) is 1.85. The zero-order valence-corrected chi connectivity index (χ0v) is 10.1. The third-order valence-electron chi connectivity index (χ3n) is 1.64. The molecule has 0 N–H and O–H groups in total. The van der Waals surface area contributed by atoms with E-state index in [1.165, 1.54) is 0 Å². The summed E-state index contributed by atoms with van der Waals surface area (Å²) in [7, 11) is 0. The average Bonchev–Trinajstić information content (AvgIpc) is 2.04. The Balaban J connectivity index is 3.08. The summed E-state index contributed by atoms with van der Waals surface area (Å²) in [6.07, 6.45) is 0. The van der Waals surface area contributed by atoms with E-state index < -0.39 is 0 Å². The van der Waals surface area contributed by atoms with Gasteiger partial charge >= 0.3 is 0 Å². The van der Waals surface area contributed by atoms with E-state index in [1.54, 1.807) is 0 Å². The molecule has 1 aromatic carbocycles. The fourth-order valence-corrected chi connectivity index (χ4v) is 2.36. The molecule has 1 aromatic rings. The quantitative estimate of drug-likeness (QED) is 0.436. The van der Waals surface area contributed by atoms with Crippen molar-refractivity contribution in [3.05, 3.63) is 43.2 Å². The molecule has 1 rings (SSSR count). The van der Waals surface area contributed by atoms with Gasteiger partial charge in [-0.3, -0.25) is 0 Å². The minimum atomic E-state index is -0.146. The molecule has 1 atom stereocenters. The maximum absolute atomic E-state index is 8.28. The van der Waals surface area contributed by atoms with E-state index >= 15 is 0 Å². The molecule has 0 amide bonds. The predicted octanol–water partition coefficient (Wildman–Crippen LogP) is 4.58. The number of halogens is 2. The Hall–Kier alpha value is -0.510. The van der Waals surface area contributed by atoms with Gasteiger partial charge in [0.25, 0.3) is 0 Å². The maximum Gasteiger partial charge on any atom is 0.0608 e. The van der Waals surface area contributed by atoms with E-state index in [4.69, 9.17) is 5.53 Å². The molecule has 0 aliphatic carbocycles. The van der Waals surface area contributed by atoms with Crippen LogP contribution in [-0.4, -0.2) is 0 Å². The lowest BCUT2D eigenvalue weighted by molar-refractivity contribution is 0.803. The SMILES string of the molecule is C[C@H](N=[N+]=[N-])c1ccc(Br)cc1Br. The summed E-state index contributed by atoms with van der Waals surface area (Å²) in [6, 6.07) is 5.63.